The molecule has 1 heterocycles. The Hall–Kier alpha value is -1.44. The SMILES string of the molecule is CCCCCc1cc(O)c2c(c1)OC(C)(C)C1=CC[C@H](C)C[C@@H]12. The highest BCUT2D eigenvalue weighted by Crippen LogP contribution is 2.53. The van der Waals surface area contributed by atoms with Gasteiger partial charge in [-0.1, -0.05) is 32.8 Å². The summed E-state index contributed by atoms with van der Waals surface area (Å²) >= 11 is 0. The standard InChI is InChI=1S/C21H30O2/c1-5-6-7-8-15-12-18(22)20-16-11-14(2)9-10-17(16)21(3,4)23-19(20)13-15/h10,12-14,16,22H,5-9,11H2,1-4H3/t14-,16-/m0/s1. The van der Waals surface area contributed by atoms with Gasteiger partial charge in [-0.25, -0.2) is 0 Å². The van der Waals surface area contributed by atoms with Crippen LogP contribution >= 0.6 is 0 Å². The summed E-state index contributed by atoms with van der Waals surface area (Å²) in [5.74, 6) is 2.29. The Kier molecular flexibility index (Phi) is 4.44. The van der Waals surface area contributed by atoms with Crippen LogP contribution in [0, 0.1) is 5.92 Å². The van der Waals surface area contributed by atoms with Crippen LogP contribution < -0.4 is 4.74 Å². The van der Waals surface area contributed by atoms with Gasteiger partial charge in [0.15, 0.2) is 0 Å². The first-order chi connectivity index (χ1) is 10.9. The number of rotatable bonds is 4. The predicted molar refractivity (Wildman–Crippen MR) is 95.3 cm³/mol. The Bertz CT molecular complexity index is 613. The fourth-order valence-electron chi connectivity index (χ4n) is 4.19. The minimum Gasteiger partial charge on any atom is -0.507 e. The Labute approximate surface area is 140 Å². The third kappa shape index (κ3) is 3.13. The van der Waals surface area contributed by atoms with E-state index in [1.165, 1.54) is 30.4 Å². The van der Waals surface area contributed by atoms with Gasteiger partial charge in [0, 0.05) is 11.5 Å². The Balaban J connectivity index is 1.98. The maximum Gasteiger partial charge on any atom is 0.128 e. The Morgan fingerprint density at radius 1 is 1.26 bits per heavy atom. The number of aromatic hydroxyl groups is 1. The fourth-order valence-corrected chi connectivity index (χ4v) is 4.19. The monoisotopic (exact) mass is 314 g/mol. The molecule has 1 N–H and O–H groups in total. The summed E-state index contributed by atoms with van der Waals surface area (Å²) in [6.45, 7) is 8.83. The first-order valence-electron chi connectivity index (χ1n) is 9.17. The number of unbranched alkanes of at least 4 members (excludes halogenated alkanes) is 2. The number of allylic oxidation sites excluding steroid dienone is 1. The van der Waals surface area contributed by atoms with Crippen molar-refractivity contribution in [1.29, 1.82) is 0 Å². The van der Waals surface area contributed by atoms with Crippen molar-refractivity contribution in [3.05, 3.63) is 34.9 Å². The van der Waals surface area contributed by atoms with Gasteiger partial charge in [0.1, 0.15) is 17.1 Å². The number of aryl methyl sites for hydroxylation is 1. The van der Waals surface area contributed by atoms with Crippen molar-refractivity contribution in [3.63, 3.8) is 0 Å². The molecule has 0 aromatic heterocycles. The highest BCUT2D eigenvalue weighted by atomic mass is 16.5. The summed E-state index contributed by atoms with van der Waals surface area (Å²) in [4.78, 5) is 0. The second kappa shape index (κ2) is 6.22. The minimum absolute atomic E-state index is 0.272. The first kappa shape index (κ1) is 16.4. The van der Waals surface area contributed by atoms with Crippen molar-refractivity contribution in [3.8, 4) is 11.5 Å². The Morgan fingerprint density at radius 3 is 2.78 bits per heavy atom. The van der Waals surface area contributed by atoms with Crippen LogP contribution in [0.15, 0.2) is 23.8 Å². The predicted octanol–water partition coefficient (Wildman–Crippen LogP) is 5.74. The van der Waals surface area contributed by atoms with Crippen LogP contribution in [-0.2, 0) is 6.42 Å². The van der Waals surface area contributed by atoms with Gasteiger partial charge >= 0.3 is 0 Å². The molecular formula is C21H30O2. The molecule has 1 aromatic carbocycles. The highest BCUT2D eigenvalue weighted by Gasteiger charge is 2.42. The quantitative estimate of drug-likeness (QED) is 0.567. The number of benzene rings is 1. The molecule has 1 aliphatic carbocycles. The van der Waals surface area contributed by atoms with Gasteiger partial charge in [-0.05, 0) is 68.7 Å². The van der Waals surface area contributed by atoms with Crippen molar-refractivity contribution in [2.75, 3.05) is 0 Å². The van der Waals surface area contributed by atoms with Crippen LogP contribution in [-0.4, -0.2) is 10.7 Å². The van der Waals surface area contributed by atoms with E-state index in [-0.39, 0.29) is 5.60 Å². The maximum atomic E-state index is 10.7. The van der Waals surface area contributed by atoms with Gasteiger partial charge in [-0.3, -0.25) is 0 Å². The largest absolute Gasteiger partial charge is 0.507 e. The van der Waals surface area contributed by atoms with Crippen LogP contribution in [0.2, 0.25) is 0 Å². The minimum atomic E-state index is -0.272. The number of hydrogen-bond acceptors (Lipinski definition) is 2. The van der Waals surface area contributed by atoms with E-state index in [2.05, 4.69) is 39.8 Å². The van der Waals surface area contributed by atoms with Crippen molar-refractivity contribution in [2.24, 2.45) is 5.92 Å². The lowest BCUT2D eigenvalue weighted by molar-refractivity contribution is 0.117. The van der Waals surface area contributed by atoms with Gasteiger partial charge in [-0.15, -0.1) is 0 Å². The molecular weight excluding hydrogens is 284 g/mol. The second-order valence-electron chi connectivity index (χ2n) is 7.88. The summed E-state index contributed by atoms with van der Waals surface area (Å²) in [5, 5.41) is 10.7. The molecule has 2 nitrogen and oxygen atoms in total. The van der Waals surface area contributed by atoms with E-state index in [4.69, 9.17) is 4.74 Å². The molecule has 0 bridgehead atoms. The van der Waals surface area contributed by atoms with Crippen molar-refractivity contribution in [2.45, 2.75) is 77.7 Å². The molecule has 0 amide bonds. The van der Waals surface area contributed by atoms with Crippen LogP contribution in [0.5, 0.6) is 11.5 Å². The molecule has 1 aliphatic heterocycles. The topological polar surface area (TPSA) is 29.5 Å². The van der Waals surface area contributed by atoms with E-state index < -0.39 is 0 Å². The number of phenols is 1. The number of phenolic OH excluding ortho intramolecular Hbond substituents is 1. The van der Waals surface area contributed by atoms with Crippen LogP contribution in [0.3, 0.4) is 0 Å². The van der Waals surface area contributed by atoms with Gasteiger partial charge in [0.05, 0.1) is 0 Å². The van der Waals surface area contributed by atoms with Crippen LogP contribution in [0.1, 0.15) is 76.8 Å². The van der Waals surface area contributed by atoms with Crippen LogP contribution in [0.25, 0.3) is 0 Å². The zero-order valence-electron chi connectivity index (χ0n) is 15.0. The van der Waals surface area contributed by atoms with E-state index in [0.717, 1.165) is 30.6 Å². The molecule has 23 heavy (non-hydrogen) atoms. The average Bonchev–Trinajstić information content (AvgIpc) is 2.46. The summed E-state index contributed by atoms with van der Waals surface area (Å²) in [6, 6.07) is 4.13. The smallest absolute Gasteiger partial charge is 0.128 e. The highest BCUT2D eigenvalue weighted by molar-refractivity contribution is 5.56. The molecule has 0 saturated carbocycles. The van der Waals surface area contributed by atoms with Gasteiger partial charge in [0.25, 0.3) is 0 Å². The van der Waals surface area contributed by atoms with Crippen LogP contribution in [0.4, 0.5) is 0 Å². The van der Waals surface area contributed by atoms with E-state index in [1.54, 1.807) is 0 Å². The molecule has 0 spiro atoms. The zero-order chi connectivity index (χ0) is 16.6. The molecule has 0 radical (unpaired) electrons. The first-order valence-corrected chi connectivity index (χ1v) is 9.17. The van der Waals surface area contributed by atoms with Gasteiger partial charge in [0.2, 0.25) is 0 Å². The number of ether oxygens (including phenoxy) is 1. The lowest BCUT2D eigenvalue weighted by atomic mass is 9.70. The van der Waals surface area contributed by atoms with Gasteiger partial charge < -0.3 is 9.84 Å². The van der Waals surface area contributed by atoms with E-state index in [9.17, 15) is 5.11 Å². The lowest BCUT2D eigenvalue weighted by Gasteiger charge is -2.43. The molecule has 2 aliphatic rings. The normalized spacial score (nSPS) is 25.1. The van der Waals surface area contributed by atoms with Crippen molar-refractivity contribution in [1.82, 2.24) is 0 Å². The fraction of sp³-hybridized carbons (Fsp3) is 0.619. The van der Waals surface area contributed by atoms with E-state index >= 15 is 0 Å². The lowest BCUT2D eigenvalue weighted by Crippen LogP contribution is -2.39. The summed E-state index contributed by atoms with van der Waals surface area (Å²) in [6.07, 6.45) is 9.20. The molecule has 0 unspecified atom stereocenters. The third-order valence-corrected chi connectivity index (χ3v) is 5.41. The molecule has 3 rings (SSSR count). The average molecular weight is 314 g/mol. The molecule has 0 fully saturated rings. The molecule has 2 atom stereocenters. The summed E-state index contributed by atoms with van der Waals surface area (Å²) in [7, 11) is 0. The Morgan fingerprint density at radius 2 is 2.04 bits per heavy atom. The molecule has 2 heteroatoms. The molecule has 1 aromatic rings. The molecule has 126 valence electrons. The van der Waals surface area contributed by atoms with Crippen molar-refractivity contribution < 1.29 is 9.84 Å². The number of fused-ring (bicyclic) bond motifs is 3. The zero-order valence-corrected chi connectivity index (χ0v) is 15.0. The third-order valence-electron chi connectivity index (χ3n) is 5.41. The molecule has 0 saturated heterocycles. The van der Waals surface area contributed by atoms with E-state index in [1.807, 2.05) is 6.07 Å². The second-order valence-corrected chi connectivity index (χ2v) is 7.88. The van der Waals surface area contributed by atoms with E-state index in [0.29, 0.717) is 17.6 Å². The number of hydrogen-bond donors (Lipinski definition) is 1. The summed E-state index contributed by atoms with van der Waals surface area (Å²) < 4.78 is 6.32. The maximum absolute atomic E-state index is 10.7. The van der Waals surface area contributed by atoms with Gasteiger partial charge in [-0.2, -0.15) is 0 Å². The van der Waals surface area contributed by atoms with Crippen molar-refractivity contribution >= 4 is 0 Å². The summed E-state index contributed by atoms with van der Waals surface area (Å²) in [5.41, 5.74) is 3.28.